The first-order valence-corrected chi connectivity index (χ1v) is 8.41. The zero-order valence-corrected chi connectivity index (χ0v) is 15.3. The van der Waals surface area contributed by atoms with E-state index in [9.17, 15) is 9.59 Å². The highest BCUT2D eigenvalue weighted by molar-refractivity contribution is 5.84. The van der Waals surface area contributed by atoms with E-state index in [-0.39, 0.29) is 23.4 Å². The number of nitrogens with one attached hydrogen (secondary N) is 3. The fraction of sp³-hybridized carbons (Fsp3) is 0.444. The Morgan fingerprint density at radius 1 is 1.28 bits per heavy atom. The normalized spacial score (nSPS) is 12.1. The second-order valence-electron chi connectivity index (χ2n) is 6.32. The van der Waals surface area contributed by atoms with Gasteiger partial charge in [0.2, 0.25) is 5.91 Å². The molecule has 0 bridgehead atoms. The van der Waals surface area contributed by atoms with Gasteiger partial charge in [0.15, 0.2) is 0 Å². The first-order valence-electron chi connectivity index (χ1n) is 8.41. The summed E-state index contributed by atoms with van der Waals surface area (Å²) in [5, 5.41) is 5.98. The van der Waals surface area contributed by atoms with Gasteiger partial charge in [-0.2, -0.15) is 0 Å². The molecule has 0 spiro atoms. The number of carbonyl (C=O) groups excluding carboxylic acids is 1. The Bertz CT molecular complexity index is 796. The van der Waals surface area contributed by atoms with E-state index in [2.05, 4.69) is 25.6 Å². The molecule has 0 aliphatic carbocycles. The Kier molecular flexibility index (Phi) is 5.90. The molecule has 3 N–H and O–H groups in total. The van der Waals surface area contributed by atoms with Gasteiger partial charge in [0.05, 0.1) is 0 Å². The van der Waals surface area contributed by atoms with E-state index in [4.69, 9.17) is 0 Å². The van der Waals surface area contributed by atoms with E-state index in [1.807, 2.05) is 26.8 Å². The molecule has 7 heteroatoms. The molecule has 0 aromatic carbocycles. The van der Waals surface area contributed by atoms with Crippen molar-refractivity contribution >= 4 is 11.7 Å². The number of likely N-dealkylation sites (N-methyl/N-ethyl adjacent to an activating group) is 1. The lowest BCUT2D eigenvalue weighted by Crippen LogP contribution is -2.43. The van der Waals surface area contributed by atoms with Crippen LogP contribution in [-0.2, 0) is 4.79 Å². The summed E-state index contributed by atoms with van der Waals surface area (Å²) in [6.45, 7) is 9.97. The lowest BCUT2D eigenvalue weighted by Gasteiger charge is -2.21. The lowest BCUT2D eigenvalue weighted by atomic mass is 10.0. The predicted molar refractivity (Wildman–Crippen MR) is 98.5 cm³/mol. The molecule has 0 saturated heterocycles. The summed E-state index contributed by atoms with van der Waals surface area (Å²) in [6, 6.07) is 3.23. The molecule has 2 aromatic heterocycles. The van der Waals surface area contributed by atoms with Crippen LogP contribution in [0.5, 0.6) is 0 Å². The number of hydrogen-bond donors (Lipinski definition) is 3. The highest BCUT2D eigenvalue weighted by Crippen LogP contribution is 2.17. The molecule has 134 valence electrons. The van der Waals surface area contributed by atoms with Crippen molar-refractivity contribution in [1.82, 2.24) is 20.3 Å². The molecule has 0 radical (unpaired) electrons. The third kappa shape index (κ3) is 4.43. The molecule has 0 fully saturated rings. The largest absolute Gasteiger partial charge is 0.358 e. The second kappa shape index (κ2) is 7.92. The van der Waals surface area contributed by atoms with Crippen LogP contribution in [0.4, 0.5) is 5.82 Å². The molecule has 25 heavy (non-hydrogen) atoms. The molecular weight excluding hydrogens is 318 g/mol. The van der Waals surface area contributed by atoms with Crippen molar-refractivity contribution in [2.24, 2.45) is 5.92 Å². The smallest absolute Gasteiger partial charge is 0.254 e. The predicted octanol–water partition coefficient (Wildman–Crippen LogP) is 2.02. The van der Waals surface area contributed by atoms with E-state index >= 15 is 0 Å². The van der Waals surface area contributed by atoms with Gasteiger partial charge >= 0.3 is 0 Å². The standard InChI is InChI=1S/C18H25N5O2/c1-6-19-18(25)15(10(2)3)22-14-8-7-13(9-20-14)16-21-12(5)11(4)17(24)23-16/h7-10,15H,6H2,1-5H3,(H,19,25)(H,20,22)(H,21,23,24)/t15-/m0/s1. The average molecular weight is 343 g/mol. The number of carbonyl (C=O) groups is 1. The first-order chi connectivity index (χ1) is 11.8. The van der Waals surface area contributed by atoms with Gasteiger partial charge in [0, 0.05) is 29.6 Å². The van der Waals surface area contributed by atoms with Crippen LogP contribution in [-0.4, -0.2) is 33.4 Å². The van der Waals surface area contributed by atoms with E-state index in [0.29, 0.717) is 35.0 Å². The Morgan fingerprint density at radius 3 is 2.52 bits per heavy atom. The molecule has 2 heterocycles. The minimum Gasteiger partial charge on any atom is -0.358 e. The van der Waals surface area contributed by atoms with Gasteiger partial charge in [0.1, 0.15) is 17.7 Å². The topological polar surface area (TPSA) is 99.8 Å². The van der Waals surface area contributed by atoms with E-state index in [0.717, 1.165) is 0 Å². The first kappa shape index (κ1) is 18.6. The Labute approximate surface area is 147 Å². The Hall–Kier alpha value is -2.70. The number of anilines is 1. The molecule has 1 atom stereocenters. The molecule has 0 unspecified atom stereocenters. The maximum absolute atomic E-state index is 12.1. The van der Waals surface area contributed by atoms with Gasteiger partial charge in [-0.05, 0) is 38.8 Å². The van der Waals surface area contributed by atoms with Crippen molar-refractivity contribution in [2.75, 3.05) is 11.9 Å². The van der Waals surface area contributed by atoms with Crippen molar-refractivity contribution in [2.45, 2.75) is 40.7 Å². The van der Waals surface area contributed by atoms with Crippen LogP contribution in [0.25, 0.3) is 11.4 Å². The molecule has 1 amide bonds. The van der Waals surface area contributed by atoms with Gasteiger partial charge in [0.25, 0.3) is 5.56 Å². The van der Waals surface area contributed by atoms with Crippen LogP contribution < -0.4 is 16.2 Å². The van der Waals surface area contributed by atoms with Gasteiger partial charge in [-0.25, -0.2) is 9.97 Å². The number of rotatable bonds is 6. The SMILES string of the molecule is CCNC(=O)[C@@H](Nc1ccc(-c2nc(C)c(C)c(=O)[nH]2)cn1)C(C)C. The van der Waals surface area contributed by atoms with Crippen molar-refractivity contribution < 1.29 is 4.79 Å². The summed E-state index contributed by atoms with van der Waals surface area (Å²) in [7, 11) is 0. The number of aromatic amines is 1. The molecule has 2 rings (SSSR count). The molecule has 0 saturated carbocycles. The minimum absolute atomic E-state index is 0.0523. The molecule has 2 aromatic rings. The average Bonchev–Trinajstić information content (AvgIpc) is 2.57. The monoisotopic (exact) mass is 343 g/mol. The highest BCUT2D eigenvalue weighted by Gasteiger charge is 2.21. The van der Waals surface area contributed by atoms with Crippen molar-refractivity contribution in [1.29, 1.82) is 0 Å². The zero-order valence-electron chi connectivity index (χ0n) is 15.3. The van der Waals surface area contributed by atoms with Crippen LogP contribution in [0.1, 0.15) is 32.0 Å². The maximum atomic E-state index is 12.1. The van der Waals surface area contributed by atoms with E-state index in [1.165, 1.54) is 0 Å². The maximum Gasteiger partial charge on any atom is 0.254 e. The van der Waals surface area contributed by atoms with Crippen LogP contribution in [0.2, 0.25) is 0 Å². The highest BCUT2D eigenvalue weighted by atomic mass is 16.2. The second-order valence-corrected chi connectivity index (χ2v) is 6.32. The molecule has 0 aliphatic rings. The number of aromatic nitrogens is 3. The third-order valence-corrected chi connectivity index (χ3v) is 4.04. The number of hydrogen-bond acceptors (Lipinski definition) is 5. The van der Waals surface area contributed by atoms with Crippen molar-refractivity contribution in [3.05, 3.63) is 39.9 Å². The van der Waals surface area contributed by atoms with Crippen molar-refractivity contribution in [3.63, 3.8) is 0 Å². The molecule has 7 nitrogen and oxygen atoms in total. The summed E-state index contributed by atoms with van der Waals surface area (Å²) in [6.07, 6.45) is 1.63. The minimum atomic E-state index is -0.363. The van der Waals surface area contributed by atoms with Crippen LogP contribution in [0.15, 0.2) is 23.1 Å². The fourth-order valence-electron chi connectivity index (χ4n) is 2.38. The van der Waals surface area contributed by atoms with Crippen molar-refractivity contribution in [3.8, 4) is 11.4 Å². The number of amides is 1. The molecule has 0 aliphatic heterocycles. The number of H-pyrrole nitrogens is 1. The summed E-state index contributed by atoms with van der Waals surface area (Å²) >= 11 is 0. The fourth-order valence-corrected chi connectivity index (χ4v) is 2.38. The Balaban J connectivity index is 2.22. The van der Waals surface area contributed by atoms with Gasteiger partial charge in [-0.3, -0.25) is 9.59 Å². The van der Waals surface area contributed by atoms with Gasteiger partial charge in [-0.15, -0.1) is 0 Å². The van der Waals surface area contributed by atoms with E-state index in [1.54, 1.807) is 26.1 Å². The number of nitrogens with zero attached hydrogens (tertiary/aromatic N) is 2. The summed E-state index contributed by atoms with van der Waals surface area (Å²) in [4.78, 5) is 35.5. The van der Waals surface area contributed by atoms with Gasteiger partial charge < -0.3 is 15.6 Å². The van der Waals surface area contributed by atoms with E-state index < -0.39 is 0 Å². The Morgan fingerprint density at radius 2 is 2.00 bits per heavy atom. The quantitative estimate of drug-likeness (QED) is 0.745. The molecular formula is C18H25N5O2. The summed E-state index contributed by atoms with van der Waals surface area (Å²) < 4.78 is 0. The third-order valence-electron chi connectivity index (χ3n) is 4.04. The van der Waals surface area contributed by atoms with Crippen LogP contribution in [0.3, 0.4) is 0 Å². The zero-order chi connectivity index (χ0) is 18.6. The van der Waals surface area contributed by atoms with Crippen LogP contribution >= 0.6 is 0 Å². The number of pyridine rings is 1. The van der Waals surface area contributed by atoms with Gasteiger partial charge in [-0.1, -0.05) is 13.8 Å². The number of aryl methyl sites for hydroxylation is 1. The lowest BCUT2D eigenvalue weighted by molar-refractivity contribution is -0.122. The van der Waals surface area contributed by atoms with Crippen LogP contribution in [0, 0.1) is 19.8 Å². The summed E-state index contributed by atoms with van der Waals surface area (Å²) in [5.74, 6) is 1.14. The summed E-state index contributed by atoms with van der Waals surface area (Å²) in [5.41, 5.74) is 1.86.